The number of hydrogen-bond acceptors (Lipinski definition) is 3. The summed E-state index contributed by atoms with van der Waals surface area (Å²) in [6.45, 7) is 0.397. The van der Waals surface area contributed by atoms with E-state index in [-0.39, 0.29) is 16.6 Å². The molecule has 1 amide bonds. The molecule has 0 saturated carbocycles. The topological polar surface area (TPSA) is 78.4 Å². The van der Waals surface area contributed by atoms with Crippen molar-refractivity contribution in [3.8, 4) is 0 Å². The molecule has 6 heteroatoms. The summed E-state index contributed by atoms with van der Waals surface area (Å²) in [6, 6.07) is 15.2. The Morgan fingerprint density at radius 1 is 0.955 bits per heavy atom. The van der Waals surface area contributed by atoms with E-state index in [1.165, 1.54) is 12.1 Å². The van der Waals surface area contributed by atoms with E-state index in [2.05, 4.69) is 10.6 Å². The average Bonchev–Trinajstić information content (AvgIpc) is 2.54. The number of amides is 1. The van der Waals surface area contributed by atoms with Crippen molar-refractivity contribution in [1.82, 2.24) is 10.6 Å². The molecule has 0 aliphatic heterocycles. The van der Waals surface area contributed by atoms with Gasteiger partial charge in [0.15, 0.2) is 5.11 Å². The van der Waals surface area contributed by atoms with Crippen LogP contribution in [-0.2, 0) is 6.54 Å². The van der Waals surface area contributed by atoms with Gasteiger partial charge in [0.25, 0.3) is 5.91 Å². The van der Waals surface area contributed by atoms with E-state index in [0.717, 1.165) is 5.56 Å². The van der Waals surface area contributed by atoms with E-state index in [4.69, 9.17) is 17.3 Å². The number of aromatic carboxylic acids is 1. The van der Waals surface area contributed by atoms with Crippen LogP contribution in [0.5, 0.6) is 0 Å². The zero-order chi connectivity index (χ0) is 15.9. The first kappa shape index (κ1) is 15.7. The first-order chi connectivity index (χ1) is 10.6. The zero-order valence-electron chi connectivity index (χ0n) is 11.6. The molecule has 0 fully saturated rings. The molecular weight excluding hydrogens is 300 g/mol. The lowest BCUT2D eigenvalue weighted by atomic mass is 10.1. The van der Waals surface area contributed by atoms with Crippen molar-refractivity contribution in [1.29, 1.82) is 0 Å². The van der Waals surface area contributed by atoms with Gasteiger partial charge in [0.2, 0.25) is 0 Å². The van der Waals surface area contributed by atoms with Crippen LogP contribution in [0.1, 0.15) is 26.3 Å². The smallest absolute Gasteiger partial charge is 0.335 e. The maximum absolute atomic E-state index is 11.9. The van der Waals surface area contributed by atoms with Crippen molar-refractivity contribution < 1.29 is 14.7 Å². The van der Waals surface area contributed by atoms with Crippen LogP contribution in [0.2, 0.25) is 0 Å². The maximum Gasteiger partial charge on any atom is 0.335 e. The second-order valence-electron chi connectivity index (χ2n) is 4.50. The Morgan fingerprint density at radius 2 is 1.59 bits per heavy atom. The molecule has 0 unspecified atom stereocenters. The van der Waals surface area contributed by atoms with E-state index in [1.54, 1.807) is 36.4 Å². The van der Waals surface area contributed by atoms with Gasteiger partial charge >= 0.3 is 5.97 Å². The molecule has 2 aromatic carbocycles. The van der Waals surface area contributed by atoms with Gasteiger partial charge in [-0.1, -0.05) is 30.3 Å². The molecule has 3 N–H and O–H groups in total. The van der Waals surface area contributed by atoms with E-state index in [9.17, 15) is 9.59 Å². The molecule has 0 aliphatic carbocycles. The summed E-state index contributed by atoms with van der Waals surface area (Å²) in [5.74, 6) is -1.25. The molecule has 0 radical (unpaired) electrons. The molecule has 0 saturated heterocycles. The minimum Gasteiger partial charge on any atom is -0.478 e. The fraction of sp³-hybridized carbons (Fsp3) is 0.0625. The molecular formula is C16H14N2O3S. The van der Waals surface area contributed by atoms with Crippen LogP contribution < -0.4 is 10.6 Å². The number of rotatable bonds is 4. The number of nitrogens with one attached hydrogen (secondary N) is 2. The molecule has 0 aliphatic rings. The van der Waals surface area contributed by atoms with Crippen LogP contribution in [0.15, 0.2) is 54.6 Å². The van der Waals surface area contributed by atoms with Gasteiger partial charge in [-0.2, -0.15) is 0 Å². The predicted molar refractivity (Wildman–Crippen MR) is 86.7 cm³/mol. The van der Waals surface area contributed by atoms with E-state index >= 15 is 0 Å². The minimum atomic E-state index is -0.967. The van der Waals surface area contributed by atoms with Crippen molar-refractivity contribution >= 4 is 29.2 Å². The normalized spacial score (nSPS) is 9.82. The lowest BCUT2D eigenvalue weighted by molar-refractivity contribution is 0.0696. The number of benzene rings is 2. The SMILES string of the molecule is O=C(O)c1ccc(CNC(=S)NC(=O)c2ccccc2)cc1. The van der Waals surface area contributed by atoms with Crippen molar-refractivity contribution in [2.75, 3.05) is 0 Å². The van der Waals surface area contributed by atoms with Gasteiger partial charge in [0, 0.05) is 12.1 Å². The maximum atomic E-state index is 11.9. The summed E-state index contributed by atoms with van der Waals surface area (Å²) in [7, 11) is 0. The molecule has 0 heterocycles. The molecule has 22 heavy (non-hydrogen) atoms. The Hall–Kier alpha value is -2.73. The van der Waals surface area contributed by atoms with E-state index < -0.39 is 5.97 Å². The lowest BCUT2D eigenvalue weighted by Crippen LogP contribution is -2.38. The molecule has 2 aromatic rings. The van der Waals surface area contributed by atoms with Gasteiger partial charge in [-0.25, -0.2) is 4.79 Å². The fourth-order valence-electron chi connectivity index (χ4n) is 1.76. The van der Waals surface area contributed by atoms with Crippen molar-refractivity contribution in [3.05, 3.63) is 71.3 Å². The summed E-state index contributed by atoms with van der Waals surface area (Å²) in [5, 5.41) is 14.5. The Balaban J connectivity index is 1.85. The zero-order valence-corrected chi connectivity index (χ0v) is 12.4. The number of thiocarbonyl (C=S) groups is 1. The van der Waals surface area contributed by atoms with Crippen molar-refractivity contribution in [2.24, 2.45) is 0 Å². The molecule has 0 atom stereocenters. The number of carbonyl (C=O) groups is 2. The molecule has 0 spiro atoms. The standard InChI is InChI=1S/C16H14N2O3S/c19-14(12-4-2-1-3-5-12)18-16(22)17-10-11-6-8-13(9-7-11)15(20)21/h1-9H,10H2,(H,20,21)(H2,17,18,19,22). The summed E-state index contributed by atoms with van der Waals surface area (Å²) >= 11 is 5.06. The summed E-state index contributed by atoms with van der Waals surface area (Å²) in [5.41, 5.74) is 1.61. The van der Waals surface area contributed by atoms with Gasteiger partial charge in [-0.05, 0) is 42.0 Å². The summed E-state index contributed by atoms with van der Waals surface area (Å²) in [4.78, 5) is 22.6. The van der Waals surface area contributed by atoms with Crippen LogP contribution in [0.3, 0.4) is 0 Å². The average molecular weight is 314 g/mol. The number of carbonyl (C=O) groups excluding carboxylic acids is 1. The van der Waals surface area contributed by atoms with Crippen molar-refractivity contribution in [3.63, 3.8) is 0 Å². The Morgan fingerprint density at radius 3 is 2.18 bits per heavy atom. The molecule has 0 bridgehead atoms. The third-order valence-corrected chi connectivity index (χ3v) is 3.16. The Kier molecular flexibility index (Phi) is 5.21. The highest BCUT2D eigenvalue weighted by Crippen LogP contribution is 2.04. The van der Waals surface area contributed by atoms with Gasteiger partial charge in [-0.15, -0.1) is 0 Å². The van der Waals surface area contributed by atoms with Gasteiger partial charge < -0.3 is 10.4 Å². The third-order valence-electron chi connectivity index (χ3n) is 2.92. The highest BCUT2D eigenvalue weighted by molar-refractivity contribution is 7.80. The first-order valence-electron chi connectivity index (χ1n) is 6.53. The highest BCUT2D eigenvalue weighted by Gasteiger charge is 2.07. The van der Waals surface area contributed by atoms with E-state index in [0.29, 0.717) is 12.1 Å². The largest absolute Gasteiger partial charge is 0.478 e. The lowest BCUT2D eigenvalue weighted by Gasteiger charge is -2.09. The quantitative estimate of drug-likeness (QED) is 0.754. The van der Waals surface area contributed by atoms with Crippen LogP contribution in [0.4, 0.5) is 0 Å². The summed E-state index contributed by atoms with van der Waals surface area (Å²) < 4.78 is 0. The predicted octanol–water partition coefficient (Wildman–Crippen LogP) is 2.19. The summed E-state index contributed by atoms with van der Waals surface area (Å²) in [6.07, 6.45) is 0. The van der Waals surface area contributed by atoms with Crippen LogP contribution >= 0.6 is 12.2 Å². The third kappa shape index (κ3) is 4.39. The highest BCUT2D eigenvalue weighted by atomic mass is 32.1. The fourth-order valence-corrected chi connectivity index (χ4v) is 1.92. The number of hydrogen-bond donors (Lipinski definition) is 3. The van der Waals surface area contributed by atoms with Crippen LogP contribution in [0.25, 0.3) is 0 Å². The van der Waals surface area contributed by atoms with Crippen molar-refractivity contribution in [2.45, 2.75) is 6.54 Å². The Labute approximate surface area is 133 Å². The van der Waals surface area contributed by atoms with Gasteiger partial charge in [0.1, 0.15) is 0 Å². The molecule has 5 nitrogen and oxygen atoms in total. The van der Waals surface area contributed by atoms with Crippen LogP contribution in [0, 0.1) is 0 Å². The monoisotopic (exact) mass is 314 g/mol. The number of carboxylic acid groups (broad SMARTS) is 1. The molecule has 112 valence electrons. The Bertz CT molecular complexity index is 684. The van der Waals surface area contributed by atoms with Gasteiger partial charge in [0.05, 0.1) is 5.56 Å². The molecule has 0 aromatic heterocycles. The first-order valence-corrected chi connectivity index (χ1v) is 6.93. The number of carboxylic acids is 1. The second-order valence-corrected chi connectivity index (χ2v) is 4.91. The van der Waals surface area contributed by atoms with E-state index in [1.807, 2.05) is 6.07 Å². The van der Waals surface area contributed by atoms with Gasteiger partial charge in [-0.3, -0.25) is 10.1 Å². The second kappa shape index (κ2) is 7.33. The van der Waals surface area contributed by atoms with Crippen LogP contribution in [-0.4, -0.2) is 22.1 Å². The minimum absolute atomic E-state index is 0.219. The molecule has 2 rings (SSSR count).